The summed E-state index contributed by atoms with van der Waals surface area (Å²) >= 11 is 0. The van der Waals surface area contributed by atoms with Crippen molar-refractivity contribution in [3.63, 3.8) is 0 Å². The zero-order chi connectivity index (χ0) is 16.4. The van der Waals surface area contributed by atoms with Crippen molar-refractivity contribution >= 4 is 18.9 Å². The molecule has 0 aromatic heterocycles. The maximum Gasteiger partial charge on any atom is 0.333 e. The van der Waals surface area contributed by atoms with E-state index in [0.717, 1.165) is 0 Å². The first-order chi connectivity index (χ1) is 9.92. The molecule has 0 unspecified atom stereocenters. The maximum absolute atomic E-state index is 11.1. The molecule has 0 saturated carbocycles. The SMILES string of the molecule is CC1(C)O[C@H]2[C@@H]3O[Si](C)(C)O[C@@H]3CO[C@@]2(COS(N)(=O)=O)O1. The molecule has 22 heavy (non-hydrogen) atoms. The number of hydrogen-bond donors (Lipinski definition) is 1. The van der Waals surface area contributed by atoms with Crippen molar-refractivity contribution < 1.29 is 35.7 Å². The van der Waals surface area contributed by atoms with Crippen molar-refractivity contribution in [2.24, 2.45) is 5.14 Å². The van der Waals surface area contributed by atoms with Crippen LogP contribution in [0, 0.1) is 0 Å². The number of rotatable bonds is 3. The molecule has 3 rings (SSSR count). The van der Waals surface area contributed by atoms with Crippen LogP contribution >= 0.6 is 0 Å². The molecular formula is C11H21NO8SSi. The van der Waals surface area contributed by atoms with E-state index in [1.54, 1.807) is 13.8 Å². The van der Waals surface area contributed by atoms with Crippen LogP contribution in [-0.2, 0) is 37.5 Å². The van der Waals surface area contributed by atoms with Crippen LogP contribution in [0.3, 0.4) is 0 Å². The molecule has 0 radical (unpaired) electrons. The van der Waals surface area contributed by atoms with E-state index in [2.05, 4.69) is 0 Å². The smallest absolute Gasteiger partial charge is 0.333 e. The fourth-order valence-corrected chi connectivity index (χ4v) is 5.36. The van der Waals surface area contributed by atoms with Gasteiger partial charge in [0.2, 0.25) is 5.79 Å². The summed E-state index contributed by atoms with van der Waals surface area (Å²) in [4.78, 5) is 0. The topological polar surface area (TPSA) is 116 Å². The Hall–Kier alpha value is -0.113. The zero-order valence-electron chi connectivity index (χ0n) is 12.9. The molecule has 9 nitrogen and oxygen atoms in total. The molecule has 11 heteroatoms. The summed E-state index contributed by atoms with van der Waals surface area (Å²) < 4.78 is 56.3. The average Bonchev–Trinajstić information content (AvgIpc) is 2.78. The Labute approximate surface area is 130 Å². The summed E-state index contributed by atoms with van der Waals surface area (Å²) in [6, 6.07) is 0. The Kier molecular flexibility index (Phi) is 3.76. The highest BCUT2D eigenvalue weighted by Crippen LogP contribution is 2.46. The number of fused-ring (bicyclic) bond motifs is 3. The van der Waals surface area contributed by atoms with E-state index < -0.39 is 49.3 Å². The third-order valence-corrected chi connectivity index (χ3v) is 5.86. The molecule has 3 saturated heterocycles. The van der Waals surface area contributed by atoms with Crippen LogP contribution < -0.4 is 5.14 Å². The third-order valence-electron chi connectivity index (χ3n) is 3.70. The first-order valence-electron chi connectivity index (χ1n) is 6.96. The highest BCUT2D eigenvalue weighted by atomic mass is 32.2. The minimum absolute atomic E-state index is 0.199. The van der Waals surface area contributed by atoms with Crippen LogP contribution in [0.2, 0.25) is 13.1 Å². The summed E-state index contributed by atoms with van der Waals surface area (Å²) in [6.07, 6.45) is -1.34. The van der Waals surface area contributed by atoms with Crippen LogP contribution in [0.15, 0.2) is 0 Å². The van der Waals surface area contributed by atoms with Gasteiger partial charge in [-0.05, 0) is 26.9 Å². The summed E-state index contributed by atoms with van der Waals surface area (Å²) in [5.74, 6) is -2.37. The molecule has 0 aromatic rings. The Balaban J connectivity index is 1.87. The van der Waals surface area contributed by atoms with Gasteiger partial charge in [0.15, 0.2) is 5.79 Å². The van der Waals surface area contributed by atoms with Gasteiger partial charge >= 0.3 is 18.9 Å². The minimum Gasteiger partial charge on any atom is -0.386 e. The Morgan fingerprint density at radius 3 is 2.64 bits per heavy atom. The van der Waals surface area contributed by atoms with Gasteiger partial charge in [0.25, 0.3) is 0 Å². The van der Waals surface area contributed by atoms with E-state index in [9.17, 15) is 8.42 Å². The van der Waals surface area contributed by atoms with E-state index in [1.165, 1.54) is 0 Å². The van der Waals surface area contributed by atoms with Gasteiger partial charge in [-0.1, -0.05) is 0 Å². The fourth-order valence-electron chi connectivity index (χ4n) is 3.11. The Morgan fingerprint density at radius 1 is 1.32 bits per heavy atom. The molecule has 0 bridgehead atoms. The van der Waals surface area contributed by atoms with Crippen molar-refractivity contribution in [2.75, 3.05) is 13.2 Å². The monoisotopic (exact) mass is 355 g/mol. The molecule has 3 aliphatic rings. The van der Waals surface area contributed by atoms with Crippen molar-refractivity contribution in [2.45, 2.75) is 56.8 Å². The lowest BCUT2D eigenvalue weighted by atomic mass is 9.98. The van der Waals surface area contributed by atoms with Gasteiger partial charge in [0.1, 0.15) is 18.8 Å². The van der Waals surface area contributed by atoms with Crippen molar-refractivity contribution in [3.8, 4) is 0 Å². The van der Waals surface area contributed by atoms with Gasteiger partial charge in [0.05, 0.1) is 12.7 Å². The number of hydrogen-bond acceptors (Lipinski definition) is 8. The predicted molar refractivity (Wildman–Crippen MR) is 75.0 cm³/mol. The molecule has 4 atom stereocenters. The Bertz CT molecular complexity index is 566. The van der Waals surface area contributed by atoms with Gasteiger partial charge in [-0.2, -0.15) is 8.42 Å². The molecular weight excluding hydrogens is 334 g/mol. The molecule has 0 aromatic carbocycles. The standard InChI is InChI=1S/C11H21NO8SSi/c1-10(2)17-9-8-7(18-22(3,4)19-8)5-15-11(9,20-10)6-16-21(12,13)14/h7-9H,5-6H2,1-4H3,(H2,12,13,14)/t7-,8-,9+,11+/m1/s1. The van der Waals surface area contributed by atoms with Gasteiger partial charge in [0, 0.05) is 0 Å². The quantitative estimate of drug-likeness (QED) is 0.678. The minimum atomic E-state index is -4.13. The molecule has 3 fully saturated rings. The molecule has 0 aliphatic carbocycles. The number of ether oxygens (including phenoxy) is 3. The van der Waals surface area contributed by atoms with Crippen LogP contribution in [0.4, 0.5) is 0 Å². The van der Waals surface area contributed by atoms with Gasteiger partial charge in [-0.25, -0.2) is 5.14 Å². The van der Waals surface area contributed by atoms with Gasteiger partial charge < -0.3 is 23.1 Å². The van der Waals surface area contributed by atoms with Crippen LogP contribution in [-0.4, -0.2) is 60.1 Å². The van der Waals surface area contributed by atoms with Gasteiger partial charge in [-0.15, -0.1) is 0 Å². The second-order valence-electron chi connectivity index (χ2n) is 6.56. The molecule has 3 heterocycles. The first-order valence-corrected chi connectivity index (χ1v) is 11.2. The van der Waals surface area contributed by atoms with E-state index in [0.29, 0.717) is 0 Å². The Morgan fingerprint density at radius 2 is 2.00 bits per heavy atom. The van der Waals surface area contributed by atoms with Crippen LogP contribution in [0.5, 0.6) is 0 Å². The number of nitrogens with two attached hydrogens (primary N) is 1. The van der Waals surface area contributed by atoms with E-state index in [1.807, 2.05) is 13.1 Å². The highest BCUT2D eigenvalue weighted by molar-refractivity contribution is 7.84. The van der Waals surface area contributed by atoms with Crippen LogP contribution in [0.1, 0.15) is 13.8 Å². The van der Waals surface area contributed by atoms with Crippen molar-refractivity contribution in [1.82, 2.24) is 0 Å². The zero-order valence-corrected chi connectivity index (χ0v) is 14.7. The lowest BCUT2D eigenvalue weighted by Gasteiger charge is -2.40. The summed E-state index contributed by atoms with van der Waals surface area (Å²) in [6.45, 7) is 7.06. The second kappa shape index (κ2) is 4.94. The highest BCUT2D eigenvalue weighted by Gasteiger charge is 2.65. The maximum atomic E-state index is 11.1. The largest absolute Gasteiger partial charge is 0.386 e. The lowest BCUT2D eigenvalue weighted by Crippen LogP contribution is -2.60. The third kappa shape index (κ3) is 3.09. The van der Waals surface area contributed by atoms with E-state index in [4.69, 9.17) is 32.4 Å². The molecule has 0 spiro atoms. The molecule has 3 aliphatic heterocycles. The molecule has 0 amide bonds. The van der Waals surface area contributed by atoms with Crippen LogP contribution in [0.25, 0.3) is 0 Å². The van der Waals surface area contributed by atoms with Crippen molar-refractivity contribution in [1.29, 1.82) is 0 Å². The summed E-state index contributed by atoms with van der Waals surface area (Å²) in [5, 5.41) is 4.90. The van der Waals surface area contributed by atoms with Gasteiger partial charge in [-0.3, -0.25) is 4.18 Å². The second-order valence-corrected chi connectivity index (χ2v) is 11.0. The lowest BCUT2D eigenvalue weighted by molar-refractivity contribution is -0.290. The fraction of sp³-hybridized carbons (Fsp3) is 1.00. The normalized spacial score (nSPS) is 42.9. The average molecular weight is 355 g/mol. The van der Waals surface area contributed by atoms with E-state index >= 15 is 0 Å². The molecule has 128 valence electrons. The summed E-state index contributed by atoms with van der Waals surface area (Å²) in [7, 11) is -6.39. The molecule has 2 N–H and O–H groups in total. The summed E-state index contributed by atoms with van der Waals surface area (Å²) in [5.41, 5.74) is 0. The van der Waals surface area contributed by atoms with E-state index in [-0.39, 0.29) is 12.7 Å². The first kappa shape index (κ1) is 16.7. The predicted octanol–water partition coefficient (Wildman–Crippen LogP) is -0.430. The van der Waals surface area contributed by atoms with Crippen molar-refractivity contribution in [3.05, 3.63) is 0 Å².